The Bertz CT molecular complexity index is 767. The number of aryl methyl sites for hydroxylation is 2. The van der Waals surface area contributed by atoms with Crippen LogP contribution in [0.15, 0.2) is 27.3 Å². The van der Waals surface area contributed by atoms with Crippen molar-refractivity contribution >= 4 is 41.3 Å². The molecule has 150 valence electrons. The van der Waals surface area contributed by atoms with Gasteiger partial charge < -0.3 is 10.6 Å². The molecule has 0 radical (unpaired) electrons. The van der Waals surface area contributed by atoms with E-state index < -0.39 is 0 Å². The van der Waals surface area contributed by atoms with E-state index in [1.54, 1.807) is 16.0 Å². The van der Waals surface area contributed by atoms with Gasteiger partial charge in [-0.3, -0.25) is 9.56 Å². The Labute approximate surface area is 181 Å². The Hall–Kier alpha value is -1.36. The Balaban J connectivity index is 0.00000261. The van der Waals surface area contributed by atoms with E-state index in [2.05, 4.69) is 45.2 Å². The highest BCUT2D eigenvalue weighted by Gasteiger charge is 2.16. The van der Waals surface area contributed by atoms with Gasteiger partial charge in [-0.1, -0.05) is 6.07 Å². The number of hydrogen-bond donors (Lipinski definition) is 2. The van der Waals surface area contributed by atoms with E-state index in [1.807, 2.05) is 4.57 Å². The van der Waals surface area contributed by atoms with Gasteiger partial charge >= 0.3 is 5.69 Å². The zero-order valence-electron chi connectivity index (χ0n) is 15.8. The highest BCUT2D eigenvalue weighted by Crippen LogP contribution is 2.09. The maximum atomic E-state index is 12.3. The van der Waals surface area contributed by atoms with Crippen molar-refractivity contribution in [3.63, 3.8) is 0 Å². The van der Waals surface area contributed by atoms with Crippen LogP contribution < -0.4 is 16.3 Å². The van der Waals surface area contributed by atoms with E-state index in [1.165, 1.54) is 4.88 Å². The maximum absolute atomic E-state index is 12.3. The molecule has 9 heteroatoms. The first-order valence-electron chi connectivity index (χ1n) is 9.49. The molecule has 2 N–H and O–H groups in total. The molecule has 0 spiro atoms. The van der Waals surface area contributed by atoms with Gasteiger partial charge in [0, 0.05) is 44.0 Å². The normalized spacial score (nSPS) is 13.7. The van der Waals surface area contributed by atoms with E-state index in [9.17, 15) is 4.79 Å². The SMILES string of the molecule is CCNC(=NCCCn1nc2n(c1=O)CCCC2)NCCc1cccs1.I. The summed E-state index contributed by atoms with van der Waals surface area (Å²) in [5.41, 5.74) is 0.0321. The van der Waals surface area contributed by atoms with Gasteiger partial charge in [0.15, 0.2) is 5.96 Å². The molecule has 0 unspecified atom stereocenters. The monoisotopic (exact) mass is 504 g/mol. The summed E-state index contributed by atoms with van der Waals surface area (Å²) >= 11 is 1.78. The number of nitrogens with zero attached hydrogens (tertiary/aromatic N) is 4. The van der Waals surface area contributed by atoms with Crippen LogP contribution in [-0.2, 0) is 25.9 Å². The third kappa shape index (κ3) is 6.34. The van der Waals surface area contributed by atoms with Gasteiger partial charge in [-0.05, 0) is 44.1 Å². The van der Waals surface area contributed by atoms with Crippen molar-refractivity contribution in [2.45, 2.75) is 52.1 Å². The molecular formula is C18H29IN6OS. The molecule has 3 heterocycles. The fraction of sp³-hybridized carbons (Fsp3) is 0.611. The Morgan fingerprint density at radius 2 is 2.26 bits per heavy atom. The molecule has 2 aromatic rings. The minimum atomic E-state index is 0. The van der Waals surface area contributed by atoms with Crippen LogP contribution in [0.1, 0.15) is 36.9 Å². The molecule has 0 amide bonds. The molecule has 1 aliphatic rings. The van der Waals surface area contributed by atoms with Crippen molar-refractivity contribution < 1.29 is 0 Å². The van der Waals surface area contributed by atoms with Crippen LogP contribution in [0, 0.1) is 0 Å². The van der Waals surface area contributed by atoms with Crippen LogP contribution in [-0.4, -0.2) is 39.9 Å². The van der Waals surface area contributed by atoms with Gasteiger partial charge in [0.25, 0.3) is 0 Å². The number of aliphatic imine (C=N–C) groups is 1. The van der Waals surface area contributed by atoms with Crippen molar-refractivity contribution in [2.75, 3.05) is 19.6 Å². The van der Waals surface area contributed by atoms with Gasteiger partial charge in [-0.2, -0.15) is 5.10 Å². The standard InChI is InChI=1S/C18H28N6OS.HI/c1-2-19-17(21-11-9-15-7-5-14-26-15)20-10-6-13-24-18(25)23-12-4-3-8-16(23)22-24;/h5,7,14H,2-4,6,8-13H2,1H3,(H2,19,20,21);1H. The molecule has 0 aromatic carbocycles. The van der Waals surface area contributed by atoms with Crippen molar-refractivity contribution in [1.82, 2.24) is 25.0 Å². The third-order valence-corrected chi connectivity index (χ3v) is 5.35. The van der Waals surface area contributed by atoms with E-state index in [4.69, 9.17) is 0 Å². The van der Waals surface area contributed by atoms with E-state index in [0.29, 0.717) is 13.1 Å². The summed E-state index contributed by atoms with van der Waals surface area (Å²) in [6.45, 7) is 5.86. The van der Waals surface area contributed by atoms with Crippen LogP contribution in [0.5, 0.6) is 0 Å². The summed E-state index contributed by atoms with van der Waals surface area (Å²) < 4.78 is 3.43. The van der Waals surface area contributed by atoms with Crippen LogP contribution in [0.4, 0.5) is 0 Å². The highest BCUT2D eigenvalue weighted by molar-refractivity contribution is 14.0. The number of fused-ring (bicyclic) bond motifs is 1. The first kappa shape index (κ1) is 21.9. The average Bonchev–Trinajstić information content (AvgIpc) is 3.27. The van der Waals surface area contributed by atoms with Gasteiger partial charge in [-0.15, -0.1) is 35.3 Å². The van der Waals surface area contributed by atoms with Crippen LogP contribution in [0.3, 0.4) is 0 Å². The predicted molar refractivity (Wildman–Crippen MR) is 121 cm³/mol. The molecule has 0 aliphatic carbocycles. The topological polar surface area (TPSA) is 76.2 Å². The quantitative estimate of drug-likeness (QED) is 0.250. The molecule has 0 bridgehead atoms. The summed E-state index contributed by atoms with van der Waals surface area (Å²) in [6.07, 6.45) is 4.92. The van der Waals surface area contributed by atoms with Crippen molar-refractivity contribution in [2.24, 2.45) is 4.99 Å². The van der Waals surface area contributed by atoms with Crippen LogP contribution in [0.2, 0.25) is 0 Å². The predicted octanol–water partition coefficient (Wildman–Crippen LogP) is 2.25. The zero-order chi connectivity index (χ0) is 18.2. The summed E-state index contributed by atoms with van der Waals surface area (Å²) in [5.74, 6) is 1.77. The van der Waals surface area contributed by atoms with Crippen molar-refractivity contribution in [1.29, 1.82) is 0 Å². The second kappa shape index (κ2) is 11.5. The van der Waals surface area contributed by atoms with E-state index in [0.717, 1.165) is 63.5 Å². The average molecular weight is 504 g/mol. The lowest BCUT2D eigenvalue weighted by Crippen LogP contribution is -2.38. The molecule has 0 fully saturated rings. The number of thiophene rings is 1. The number of hydrogen-bond acceptors (Lipinski definition) is 4. The van der Waals surface area contributed by atoms with Gasteiger partial charge in [0.05, 0.1) is 0 Å². The van der Waals surface area contributed by atoms with E-state index >= 15 is 0 Å². The number of rotatable bonds is 8. The Morgan fingerprint density at radius 1 is 1.37 bits per heavy atom. The number of guanidine groups is 1. The second-order valence-corrected chi connectivity index (χ2v) is 7.43. The van der Waals surface area contributed by atoms with Gasteiger partial charge in [-0.25, -0.2) is 9.48 Å². The summed E-state index contributed by atoms with van der Waals surface area (Å²) in [5, 5.41) is 13.2. The molecule has 27 heavy (non-hydrogen) atoms. The van der Waals surface area contributed by atoms with Crippen molar-refractivity contribution in [3.8, 4) is 0 Å². The highest BCUT2D eigenvalue weighted by atomic mass is 127. The van der Waals surface area contributed by atoms with E-state index in [-0.39, 0.29) is 29.7 Å². The fourth-order valence-corrected chi connectivity index (χ4v) is 3.82. The summed E-state index contributed by atoms with van der Waals surface area (Å²) in [7, 11) is 0. The largest absolute Gasteiger partial charge is 0.357 e. The molecule has 0 saturated heterocycles. The summed E-state index contributed by atoms with van der Waals surface area (Å²) in [4.78, 5) is 18.3. The maximum Gasteiger partial charge on any atom is 0.345 e. The molecule has 0 saturated carbocycles. The lowest BCUT2D eigenvalue weighted by Gasteiger charge is -2.10. The second-order valence-electron chi connectivity index (χ2n) is 6.40. The smallest absolute Gasteiger partial charge is 0.345 e. The van der Waals surface area contributed by atoms with Gasteiger partial charge in [0.2, 0.25) is 0 Å². The lowest BCUT2D eigenvalue weighted by molar-refractivity contribution is 0.509. The van der Waals surface area contributed by atoms with Crippen molar-refractivity contribution in [3.05, 3.63) is 38.7 Å². The molecule has 3 rings (SSSR count). The molecular weight excluding hydrogens is 475 g/mol. The number of nitrogens with one attached hydrogen (secondary N) is 2. The summed E-state index contributed by atoms with van der Waals surface area (Å²) in [6, 6.07) is 4.23. The zero-order valence-corrected chi connectivity index (χ0v) is 19.0. The first-order valence-corrected chi connectivity index (χ1v) is 10.4. The van der Waals surface area contributed by atoms with Crippen LogP contribution >= 0.6 is 35.3 Å². The Kier molecular flexibility index (Phi) is 9.32. The van der Waals surface area contributed by atoms with Crippen LogP contribution in [0.25, 0.3) is 0 Å². The fourth-order valence-electron chi connectivity index (χ4n) is 3.11. The Morgan fingerprint density at radius 3 is 3.00 bits per heavy atom. The van der Waals surface area contributed by atoms with Gasteiger partial charge in [0.1, 0.15) is 5.82 Å². The first-order chi connectivity index (χ1) is 12.8. The lowest BCUT2D eigenvalue weighted by atomic mass is 10.2. The minimum absolute atomic E-state index is 0. The molecule has 1 aliphatic heterocycles. The molecule has 2 aromatic heterocycles. The third-order valence-electron chi connectivity index (χ3n) is 4.42. The number of aromatic nitrogens is 3. The molecule has 7 nitrogen and oxygen atoms in total. The molecule has 0 atom stereocenters. The minimum Gasteiger partial charge on any atom is -0.357 e. The number of halogens is 1.